The number of rotatable bonds is 0. The van der Waals surface area contributed by atoms with Gasteiger partial charge in [-0.3, -0.25) is 0 Å². The van der Waals surface area contributed by atoms with Crippen LogP contribution >= 0.6 is 11.6 Å². The second kappa shape index (κ2) is 2.17. The number of aryl methyl sites for hydroxylation is 1. The predicted octanol–water partition coefficient (Wildman–Crippen LogP) is 1.02. The van der Waals surface area contributed by atoms with E-state index in [4.69, 9.17) is 11.6 Å². The highest BCUT2D eigenvalue weighted by Crippen LogP contribution is 2.13. The van der Waals surface area contributed by atoms with Crippen LogP contribution in [0.3, 0.4) is 0 Å². The lowest BCUT2D eigenvalue weighted by molar-refractivity contribution is 0.929. The molecule has 0 aliphatic carbocycles. The van der Waals surface area contributed by atoms with E-state index in [0.717, 1.165) is 11.2 Å². The molecule has 2 rings (SSSR count). The fourth-order valence-electron chi connectivity index (χ4n) is 0.915. The maximum atomic E-state index is 5.74. The Labute approximate surface area is 67.9 Å². The molecular formula is C6H5ClN4. The van der Waals surface area contributed by atoms with Gasteiger partial charge < -0.3 is 4.57 Å². The van der Waals surface area contributed by atoms with Crippen molar-refractivity contribution in [1.29, 1.82) is 0 Å². The second-order valence-corrected chi connectivity index (χ2v) is 2.51. The van der Waals surface area contributed by atoms with Gasteiger partial charge in [-0.05, 0) is 11.6 Å². The summed E-state index contributed by atoms with van der Waals surface area (Å²) in [7, 11) is 1.81. The van der Waals surface area contributed by atoms with Crippen LogP contribution in [0.4, 0.5) is 0 Å². The molecule has 0 fully saturated rings. The van der Waals surface area contributed by atoms with E-state index in [1.807, 2.05) is 7.05 Å². The van der Waals surface area contributed by atoms with Gasteiger partial charge in [0, 0.05) is 7.05 Å². The lowest BCUT2D eigenvalue weighted by atomic mass is 10.6. The zero-order valence-electron chi connectivity index (χ0n) is 5.82. The number of hydrogen-bond acceptors (Lipinski definition) is 3. The summed E-state index contributed by atoms with van der Waals surface area (Å²) in [6.45, 7) is 0. The van der Waals surface area contributed by atoms with Crippen LogP contribution in [0.1, 0.15) is 0 Å². The molecule has 0 amide bonds. The Hall–Kier alpha value is -1.16. The monoisotopic (exact) mass is 168 g/mol. The zero-order valence-corrected chi connectivity index (χ0v) is 6.58. The summed E-state index contributed by atoms with van der Waals surface area (Å²) in [5.41, 5.74) is 1.48. The van der Waals surface area contributed by atoms with Crippen molar-refractivity contribution < 1.29 is 0 Å². The van der Waals surface area contributed by atoms with E-state index in [0.29, 0.717) is 5.28 Å². The summed E-state index contributed by atoms with van der Waals surface area (Å²) in [6.07, 6.45) is 3.11. The van der Waals surface area contributed by atoms with Gasteiger partial charge in [0.25, 0.3) is 0 Å². The molecule has 0 saturated heterocycles. The fraction of sp³-hybridized carbons (Fsp3) is 0.167. The molecule has 11 heavy (non-hydrogen) atoms. The van der Waals surface area contributed by atoms with Crippen molar-refractivity contribution in [3.63, 3.8) is 0 Å². The lowest BCUT2D eigenvalue weighted by Crippen LogP contribution is -1.89. The number of hydrogen-bond donors (Lipinski definition) is 0. The van der Waals surface area contributed by atoms with Crippen LogP contribution in [0.5, 0.6) is 0 Å². The minimum Gasteiger partial charge on any atom is -0.302 e. The van der Waals surface area contributed by atoms with Crippen LogP contribution < -0.4 is 0 Å². The van der Waals surface area contributed by atoms with Gasteiger partial charge in [0.15, 0.2) is 5.65 Å². The van der Waals surface area contributed by atoms with Gasteiger partial charge in [0.2, 0.25) is 5.28 Å². The van der Waals surface area contributed by atoms with Crippen LogP contribution in [0.25, 0.3) is 11.2 Å². The summed E-state index contributed by atoms with van der Waals surface area (Å²) in [6, 6.07) is 0. The molecule has 0 unspecified atom stereocenters. The van der Waals surface area contributed by atoms with Gasteiger partial charge in [-0.15, -0.1) is 0 Å². The SMILES string of the molecule is Cn1c(Cl)nc2cncnc21. The van der Waals surface area contributed by atoms with Crippen molar-refractivity contribution in [3.05, 3.63) is 17.8 Å². The average molecular weight is 169 g/mol. The van der Waals surface area contributed by atoms with E-state index in [9.17, 15) is 0 Å². The van der Waals surface area contributed by atoms with Crippen molar-refractivity contribution in [2.45, 2.75) is 0 Å². The third-order valence-corrected chi connectivity index (χ3v) is 1.82. The van der Waals surface area contributed by atoms with E-state index >= 15 is 0 Å². The topological polar surface area (TPSA) is 43.6 Å². The van der Waals surface area contributed by atoms with E-state index in [-0.39, 0.29) is 0 Å². The molecule has 0 N–H and O–H groups in total. The number of nitrogens with zero attached hydrogens (tertiary/aromatic N) is 4. The molecule has 0 aliphatic rings. The molecule has 0 saturated carbocycles. The first-order valence-corrected chi connectivity index (χ1v) is 3.45. The van der Waals surface area contributed by atoms with E-state index in [1.165, 1.54) is 6.33 Å². The maximum Gasteiger partial charge on any atom is 0.204 e. The van der Waals surface area contributed by atoms with Crippen molar-refractivity contribution in [2.24, 2.45) is 7.05 Å². The molecule has 0 spiro atoms. The van der Waals surface area contributed by atoms with Crippen molar-refractivity contribution >= 4 is 22.8 Å². The molecule has 0 radical (unpaired) electrons. The molecular weight excluding hydrogens is 164 g/mol. The van der Waals surface area contributed by atoms with Crippen LogP contribution in [0.15, 0.2) is 12.5 Å². The van der Waals surface area contributed by atoms with Crippen LogP contribution in [-0.2, 0) is 7.05 Å². The maximum absolute atomic E-state index is 5.74. The first-order chi connectivity index (χ1) is 5.29. The third kappa shape index (κ3) is 0.867. The molecule has 56 valence electrons. The molecule has 0 bridgehead atoms. The lowest BCUT2D eigenvalue weighted by Gasteiger charge is -1.90. The number of imidazole rings is 1. The minimum absolute atomic E-state index is 0.431. The molecule has 0 atom stereocenters. The van der Waals surface area contributed by atoms with Crippen LogP contribution in [-0.4, -0.2) is 19.5 Å². The Morgan fingerprint density at radius 2 is 2.36 bits per heavy atom. The largest absolute Gasteiger partial charge is 0.302 e. The summed E-state index contributed by atoms with van der Waals surface area (Å²) in [4.78, 5) is 11.8. The predicted molar refractivity (Wildman–Crippen MR) is 41.3 cm³/mol. The molecule has 2 aromatic heterocycles. The number of halogens is 1. The zero-order chi connectivity index (χ0) is 7.84. The summed E-state index contributed by atoms with van der Waals surface area (Å²) in [5.74, 6) is 0. The first-order valence-electron chi connectivity index (χ1n) is 3.07. The summed E-state index contributed by atoms with van der Waals surface area (Å²) < 4.78 is 1.71. The van der Waals surface area contributed by atoms with Gasteiger partial charge in [0.1, 0.15) is 11.8 Å². The number of aromatic nitrogens is 4. The van der Waals surface area contributed by atoms with E-state index < -0.39 is 0 Å². The van der Waals surface area contributed by atoms with Crippen molar-refractivity contribution in [3.8, 4) is 0 Å². The van der Waals surface area contributed by atoms with Crippen LogP contribution in [0.2, 0.25) is 5.28 Å². The molecule has 0 aliphatic heterocycles. The van der Waals surface area contributed by atoms with Gasteiger partial charge in [-0.25, -0.2) is 15.0 Å². The van der Waals surface area contributed by atoms with Gasteiger partial charge in [-0.1, -0.05) is 0 Å². The van der Waals surface area contributed by atoms with E-state index in [2.05, 4.69) is 15.0 Å². The highest BCUT2D eigenvalue weighted by Gasteiger charge is 2.04. The number of fused-ring (bicyclic) bond motifs is 1. The standard InChI is InChI=1S/C6H5ClN4/c1-11-5-4(10-6(11)7)2-8-3-9-5/h2-3H,1H3. The van der Waals surface area contributed by atoms with Crippen molar-refractivity contribution in [1.82, 2.24) is 19.5 Å². The Kier molecular flexibility index (Phi) is 1.29. The molecule has 0 aromatic carbocycles. The van der Waals surface area contributed by atoms with E-state index in [1.54, 1.807) is 10.8 Å². The first kappa shape index (κ1) is 6.54. The second-order valence-electron chi connectivity index (χ2n) is 2.17. The molecule has 4 nitrogen and oxygen atoms in total. The van der Waals surface area contributed by atoms with Gasteiger partial charge >= 0.3 is 0 Å². The third-order valence-electron chi connectivity index (χ3n) is 1.48. The summed E-state index contributed by atoms with van der Waals surface area (Å²) in [5, 5.41) is 0.431. The summed E-state index contributed by atoms with van der Waals surface area (Å²) >= 11 is 5.74. The Bertz CT molecular complexity index is 394. The van der Waals surface area contributed by atoms with Crippen LogP contribution in [0, 0.1) is 0 Å². The molecule has 5 heteroatoms. The smallest absolute Gasteiger partial charge is 0.204 e. The van der Waals surface area contributed by atoms with Gasteiger partial charge in [0.05, 0.1) is 6.20 Å². The Morgan fingerprint density at radius 1 is 1.55 bits per heavy atom. The molecule has 2 aromatic rings. The quantitative estimate of drug-likeness (QED) is 0.552. The molecule has 2 heterocycles. The fourth-order valence-corrected chi connectivity index (χ4v) is 1.09. The average Bonchev–Trinajstić information content (AvgIpc) is 2.30. The van der Waals surface area contributed by atoms with Crippen molar-refractivity contribution in [2.75, 3.05) is 0 Å². The normalized spacial score (nSPS) is 10.7. The Balaban J connectivity index is 2.92. The van der Waals surface area contributed by atoms with Gasteiger partial charge in [-0.2, -0.15) is 0 Å². The highest BCUT2D eigenvalue weighted by molar-refractivity contribution is 6.29. The Morgan fingerprint density at radius 3 is 3.09 bits per heavy atom. The minimum atomic E-state index is 0.431. The highest BCUT2D eigenvalue weighted by atomic mass is 35.5.